The van der Waals surface area contributed by atoms with Crippen LogP contribution in [0.15, 0.2) is 36.4 Å². The fraction of sp³-hybridized carbons (Fsp3) is 0.471. The van der Waals surface area contributed by atoms with Crippen molar-refractivity contribution in [3.63, 3.8) is 0 Å². The lowest BCUT2D eigenvalue weighted by atomic mass is 9.85. The Balaban J connectivity index is 1.79. The van der Waals surface area contributed by atoms with Gasteiger partial charge in [0.15, 0.2) is 0 Å². The molecule has 1 atom stereocenters. The fourth-order valence-electron chi connectivity index (χ4n) is 2.42. The summed E-state index contributed by atoms with van der Waals surface area (Å²) in [6.45, 7) is 1.96. The van der Waals surface area contributed by atoms with E-state index < -0.39 is 0 Å². The van der Waals surface area contributed by atoms with Crippen molar-refractivity contribution in [2.24, 2.45) is 5.73 Å². The summed E-state index contributed by atoms with van der Waals surface area (Å²) < 4.78 is 11.1. The highest BCUT2D eigenvalue weighted by Gasteiger charge is 2.15. The molecular formula is C17H25BN2O3. The molecule has 1 aliphatic heterocycles. The number of benzene rings is 1. The van der Waals surface area contributed by atoms with Gasteiger partial charge in [0.1, 0.15) is 5.75 Å². The second-order valence-electron chi connectivity index (χ2n) is 5.68. The average Bonchev–Trinajstić information content (AvgIpc) is 2.80. The van der Waals surface area contributed by atoms with Crippen molar-refractivity contribution >= 4 is 13.4 Å². The number of unbranched alkanes of at least 4 members (excludes halogenated alkanes) is 1. The zero-order valence-corrected chi connectivity index (χ0v) is 13.5. The molecule has 1 heterocycles. The van der Waals surface area contributed by atoms with Gasteiger partial charge in [-0.2, -0.15) is 0 Å². The van der Waals surface area contributed by atoms with Crippen molar-refractivity contribution in [2.45, 2.75) is 31.6 Å². The lowest BCUT2D eigenvalue weighted by Gasteiger charge is -2.14. The van der Waals surface area contributed by atoms with E-state index in [-0.39, 0.29) is 11.8 Å². The largest absolute Gasteiger partial charge is 0.494 e. The van der Waals surface area contributed by atoms with Gasteiger partial charge in [0, 0.05) is 12.5 Å². The van der Waals surface area contributed by atoms with E-state index >= 15 is 0 Å². The molecule has 3 N–H and O–H groups in total. The zero-order chi connectivity index (χ0) is 16.3. The molecule has 0 saturated heterocycles. The summed E-state index contributed by atoms with van der Waals surface area (Å²) in [5.74, 6) is 0.860. The Hall–Kier alpha value is -1.79. The lowest BCUT2D eigenvalue weighted by molar-refractivity contribution is -0.120. The first-order chi connectivity index (χ1) is 11.3. The number of hydrogen-bond donors (Lipinski definition) is 2. The highest BCUT2D eigenvalue weighted by Crippen LogP contribution is 2.14. The minimum atomic E-state index is 0.00850. The standard InChI is InChI=1S/C17H25BN2O3/c19-9-2-4-10-22-15-7-5-6-14(12-15)13-17(21)20-16-8-1-3-11-23-18-16/h1,3,5-7,12,16,18H,2,4,8-11,13,19H2,(H,20,21). The van der Waals surface area contributed by atoms with Gasteiger partial charge in [0.05, 0.1) is 13.0 Å². The summed E-state index contributed by atoms with van der Waals surface area (Å²) in [7, 11) is 0.559. The molecule has 0 saturated carbocycles. The van der Waals surface area contributed by atoms with E-state index in [9.17, 15) is 4.79 Å². The maximum absolute atomic E-state index is 12.2. The monoisotopic (exact) mass is 316 g/mol. The number of rotatable bonds is 8. The molecule has 0 spiro atoms. The first-order valence-corrected chi connectivity index (χ1v) is 8.22. The first kappa shape index (κ1) is 17.6. The molecule has 2 rings (SSSR count). The number of hydrogen-bond acceptors (Lipinski definition) is 4. The number of amides is 1. The van der Waals surface area contributed by atoms with E-state index in [1.165, 1.54) is 0 Å². The molecule has 124 valence electrons. The zero-order valence-electron chi connectivity index (χ0n) is 13.5. The Kier molecular flexibility index (Phi) is 7.70. The maximum Gasteiger partial charge on any atom is 0.298 e. The minimum absolute atomic E-state index is 0.00850. The molecule has 1 aliphatic rings. The van der Waals surface area contributed by atoms with Crippen LogP contribution in [0.5, 0.6) is 5.75 Å². The molecule has 0 bridgehead atoms. The number of nitrogens with one attached hydrogen (secondary N) is 1. The second-order valence-corrected chi connectivity index (χ2v) is 5.68. The fourth-order valence-corrected chi connectivity index (χ4v) is 2.42. The van der Waals surface area contributed by atoms with Gasteiger partial charge in [0.25, 0.3) is 7.48 Å². The third-order valence-electron chi connectivity index (χ3n) is 3.62. The van der Waals surface area contributed by atoms with Gasteiger partial charge in [-0.1, -0.05) is 24.3 Å². The minimum Gasteiger partial charge on any atom is -0.494 e. The third kappa shape index (κ3) is 6.88. The van der Waals surface area contributed by atoms with Crippen molar-refractivity contribution in [1.29, 1.82) is 0 Å². The Bertz CT molecular complexity index is 522. The highest BCUT2D eigenvalue weighted by atomic mass is 16.5. The SMILES string of the molecule is NCCCCOc1cccc(CC(=O)NC2BOCC=CC2)c1. The van der Waals surface area contributed by atoms with Crippen LogP contribution in [0.4, 0.5) is 0 Å². The molecule has 1 aromatic carbocycles. The molecule has 5 nitrogen and oxygen atoms in total. The van der Waals surface area contributed by atoms with Gasteiger partial charge < -0.3 is 20.4 Å². The Morgan fingerprint density at radius 2 is 2.30 bits per heavy atom. The van der Waals surface area contributed by atoms with Gasteiger partial charge in [-0.3, -0.25) is 4.79 Å². The smallest absolute Gasteiger partial charge is 0.298 e. The third-order valence-corrected chi connectivity index (χ3v) is 3.62. The van der Waals surface area contributed by atoms with Crippen LogP contribution < -0.4 is 15.8 Å². The molecule has 1 aromatic rings. The number of ether oxygens (including phenoxy) is 1. The van der Waals surface area contributed by atoms with Crippen LogP contribution in [0, 0.1) is 0 Å². The van der Waals surface area contributed by atoms with Gasteiger partial charge in [-0.25, -0.2) is 0 Å². The second kappa shape index (κ2) is 10.1. The summed E-state index contributed by atoms with van der Waals surface area (Å²) in [5.41, 5.74) is 6.41. The maximum atomic E-state index is 12.2. The predicted molar refractivity (Wildman–Crippen MR) is 92.7 cm³/mol. The summed E-state index contributed by atoms with van der Waals surface area (Å²) >= 11 is 0. The molecular weight excluding hydrogens is 291 g/mol. The van der Waals surface area contributed by atoms with Crippen LogP contribution >= 0.6 is 0 Å². The van der Waals surface area contributed by atoms with Crippen molar-refractivity contribution in [1.82, 2.24) is 5.32 Å². The average molecular weight is 316 g/mol. The van der Waals surface area contributed by atoms with Crippen LogP contribution in [-0.2, 0) is 15.9 Å². The molecule has 23 heavy (non-hydrogen) atoms. The molecule has 0 aromatic heterocycles. The van der Waals surface area contributed by atoms with Gasteiger partial charge in [-0.15, -0.1) is 0 Å². The summed E-state index contributed by atoms with van der Waals surface area (Å²) in [6.07, 6.45) is 7.10. The van der Waals surface area contributed by atoms with E-state index in [0.29, 0.717) is 33.7 Å². The molecule has 0 aliphatic carbocycles. The number of carbonyl (C=O) groups is 1. The van der Waals surface area contributed by atoms with E-state index in [1.807, 2.05) is 36.4 Å². The van der Waals surface area contributed by atoms with Crippen LogP contribution in [0.2, 0.25) is 0 Å². The Morgan fingerprint density at radius 3 is 3.17 bits per heavy atom. The quantitative estimate of drug-likeness (QED) is 0.428. The van der Waals surface area contributed by atoms with Gasteiger partial charge in [-0.05, 0) is 43.5 Å². The molecule has 1 amide bonds. The Morgan fingerprint density at radius 1 is 1.39 bits per heavy atom. The molecule has 6 heteroatoms. The lowest BCUT2D eigenvalue weighted by Crippen LogP contribution is -2.40. The van der Waals surface area contributed by atoms with Crippen LogP contribution in [-0.4, -0.2) is 39.1 Å². The molecule has 1 unspecified atom stereocenters. The van der Waals surface area contributed by atoms with E-state index in [2.05, 4.69) is 5.32 Å². The first-order valence-electron chi connectivity index (χ1n) is 8.22. The highest BCUT2D eigenvalue weighted by molar-refractivity contribution is 6.30. The van der Waals surface area contributed by atoms with Crippen molar-refractivity contribution < 1.29 is 14.2 Å². The van der Waals surface area contributed by atoms with Crippen LogP contribution in [0.3, 0.4) is 0 Å². The van der Waals surface area contributed by atoms with Crippen molar-refractivity contribution in [2.75, 3.05) is 19.8 Å². The van der Waals surface area contributed by atoms with E-state index in [4.69, 9.17) is 15.1 Å². The van der Waals surface area contributed by atoms with Gasteiger partial charge in [0.2, 0.25) is 5.91 Å². The van der Waals surface area contributed by atoms with E-state index in [1.54, 1.807) is 0 Å². The van der Waals surface area contributed by atoms with Crippen molar-refractivity contribution in [3.05, 3.63) is 42.0 Å². The van der Waals surface area contributed by atoms with Crippen LogP contribution in [0.25, 0.3) is 0 Å². The number of carbonyl (C=O) groups excluding carboxylic acids is 1. The summed E-state index contributed by atoms with van der Waals surface area (Å²) in [6, 6.07) is 7.69. The van der Waals surface area contributed by atoms with Gasteiger partial charge >= 0.3 is 0 Å². The predicted octanol–water partition coefficient (Wildman–Crippen LogP) is 1.12. The normalized spacial score (nSPS) is 17.2. The number of nitrogens with two attached hydrogens (primary N) is 1. The summed E-state index contributed by atoms with van der Waals surface area (Å²) in [4.78, 5) is 12.2. The summed E-state index contributed by atoms with van der Waals surface area (Å²) in [5, 5.41) is 3.02. The molecule has 0 radical (unpaired) electrons. The Labute approximate surface area is 138 Å². The topological polar surface area (TPSA) is 73.6 Å². The van der Waals surface area contributed by atoms with Crippen LogP contribution in [0.1, 0.15) is 24.8 Å². The van der Waals surface area contributed by atoms with Crippen molar-refractivity contribution in [3.8, 4) is 5.75 Å². The van der Waals surface area contributed by atoms with E-state index in [0.717, 1.165) is 30.6 Å². The molecule has 0 fully saturated rings.